The van der Waals surface area contributed by atoms with E-state index in [1.165, 1.54) is 0 Å². The third kappa shape index (κ3) is 31.8. The van der Waals surface area contributed by atoms with Crippen LogP contribution in [0.1, 0.15) is 13.8 Å². The molecule has 114 valence electrons. The molecule has 0 saturated heterocycles. The van der Waals surface area contributed by atoms with Crippen LogP contribution in [0.3, 0.4) is 0 Å². The first kappa shape index (κ1) is 23.6. The number of rotatable bonds is 4. The van der Waals surface area contributed by atoms with Gasteiger partial charge in [-0.3, -0.25) is 9.13 Å². The molecule has 0 aliphatic heterocycles. The van der Waals surface area contributed by atoms with Gasteiger partial charge in [0.05, 0.1) is 13.2 Å². The average Bonchev–Trinajstić information content (AvgIpc) is 2.32. The van der Waals surface area contributed by atoms with E-state index in [0.717, 1.165) is 0 Å². The van der Waals surface area contributed by atoms with Crippen molar-refractivity contribution in [2.24, 2.45) is 0 Å². The first-order chi connectivity index (χ1) is 8.54. The first-order valence-electron chi connectivity index (χ1n) is 5.26. The predicted octanol–water partition coefficient (Wildman–Crippen LogP) is 1.67. The highest BCUT2D eigenvalue weighted by Crippen LogP contribution is 2.12. The van der Waals surface area contributed by atoms with Crippen molar-refractivity contribution in [3.05, 3.63) is 36.4 Å². The van der Waals surface area contributed by atoms with Gasteiger partial charge >= 0.3 is 16.5 Å². The molecule has 0 saturated carbocycles. The Morgan fingerprint density at radius 1 is 0.789 bits per heavy atom. The molecule has 0 radical (unpaired) electrons. The molecule has 0 aliphatic carbocycles. The standard InChI is InChI=1S/C6H6.2C2H7O3P.H2O/c1-2-4-6-5-3-1;2*1-2-5-6(3)4;/h1-6H;2*6H,2H2,1H3,(H,3,4);1H2. The molecule has 0 aliphatic rings. The molecule has 19 heavy (non-hydrogen) atoms. The lowest BCUT2D eigenvalue weighted by Crippen LogP contribution is -1.72. The quantitative estimate of drug-likeness (QED) is 0.814. The Kier molecular flexibility index (Phi) is 24.6. The molecule has 0 fully saturated rings. The van der Waals surface area contributed by atoms with Gasteiger partial charge in [0.2, 0.25) is 0 Å². The van der Waals surface area contributed by atoms with Gasteiger partial charge in [0.25, 0.3) is 0 Å². The monoisotopic (exact) mass is 316 g/mol. The number of hydrogen-bond donors (Lipinski definition) is 2. The normalized spacial score (nSPS) is 11.6. The van der Waals surface area contributed by atoms with Crippen molar-refractivity contribution >= 4 is 16.5 Å². The molecule has 9 heteroatoms. The molecule has 0 spiro atoms. The Hall–Kier alpha value is -0.520. The number of hydrogen-bond acceptors (Lipinski definition) is 4. The Balaban J connectivity index is -0.000000197. The second-order valence-corrected chi connectivity index (χ2v) is 4.19. The fourth-order valence-corrected chi connectivity index (χ4v) is 1.13. The second kappa shape index (κ2) is 19.8. The van der Waals surface area contributed by atoms with Crippen LogP contribution in [-0.2, 0) is 18.2 Å². The lowest BCUT2D eigenvalue weighted by atomic mass is 10.4. The van der Waals surface area contributed by atoms with E-state index < -0.39 is 16.5 Å². The van der Waals surface area contributed by atoms with Crippen LogP contribution in [0.25, 0.3) is 0 Å². The largest absolute Gasteiger partial charge is 0.412 e. The van der Waals surface area contributed by atoms with Crippen LogP contribution >= 0.6 is 16.5 Å². The minimum absolute atomic E-state index is 0. The molecule has 0 amide bonds. The molecule has 1 aromatic carbocycles. The molecule has 2 unspecified atom stereocenters. The molecule has 1 rings (SSSR count). The Morgan fingerprint density at radius 2 is 1.00 bits per heavy atom. The zero-order valence-electron chi connectivity index (χ0n) is 10.9. The summed E-state index contributed by atoms with van der Waals surface area (Å²) in [4.78, 5) is 15.8. The molecule has 1 aromatic rings. The Morgan fingerprint density at radius 3 is 1.05 bits per heavy atom. The summed E-state index contributed by atoms with van der Waals surface area (Å²) in [6.07, 6.45) is 0. The smallest absolute Gasteiger partial charge is 0.316 e. The van der Waals surface area contributed by atoms with Gasteiger partial charge in [-0.25, -0.2) is 0 Å². The van der Waals surface area contributed by atoms with E-state index in [0.29, 0.717) is 13.2 Å². The van der Waals surface area contributed by atoms with E-state index in [-0.39, 0.29) is 5.48 Å². The van der Waals surface area contributed by atoms with Crippen molar-refractivity contribution in [3.8, 4) is 0 Å². The second-order valence-electron chi connectivity index (χ2n) is 2.55. The summed E-state index contributed by atoms with van der Waals surface area (Å²) in [7, 11) is -5.27. The maximum absolute atomic E-state index is 9.56. The van der Waals surface area contributed by atoms with Gasteiger partial charge in [0.1, 0.15) is 0 Å². The maximum atomic E-state index is 9.56. The highest BCUT2D eigenvalue weighted by molar-refractivity contribution is 7.32. The van der Waals surface area contributed by atoms with Crippen molar-refractivity contribution in [2.75, 3.05) is 13.2 Å². The summed E-state index contributed by atoms with van der Waals surface area (Å²) in [6.45, 7) is 3.96. The topological polar surface area (TPSA) is 125 Å². The van der Waals surface area contributed by atoms with E-state index in [1.807, 2.05) is 36.4 Å². The van der Waals surface area contributed by atoms with Crippen molar-refractivity contribution < 1.29 is 33.4 Å². The summed E-state index contributed by atoms with van der Waals surface area (Å²) < 4.78 is 27.4. The molecule has 2 atom stereocenters. The van der Waals surface area contributed by atoms with E-state index in [2.05, 4.69) is 9.05 Å². The Labute approximate surface area is 114 Å². The van der Waals surface area contributed by atoms with Crippen molar-refractivity contribution in [2.45, 2.75) is 13.8 Å². The first-order valence-corrected chi connectivity index (χ1v) is 7.78. The zero-order valence-corrected chi connectivity index (χ0v) is 12.9. The van der Waals surface area contributed by atoms with Gasteiger partial charge in [0, 0.05) is 0 Å². The maximum Gasteiger partial charge on any atom is 0.316 e. The van der Waals surface area contributed by atoms with Gasteiger partial charge in [-0.15, -0.1) is 0 Å². The highest BCUT2D eigenvalue weighted by atomic mass is 31.1. The van der Waals surface area contributed by atoms with Crippen LogP contribution in [0.4, 0.5) is 0 Å². The average molecular weight is 316 g/mol. The van der Waals surface area contributed by atoms with Gasteiger partial charge in [-0.05, 0) is 13.8 Å². The fraction of sp³-hybridized carbons (Fsp3) is 0.400. The predicted molar refractivity (Wildman–Crippen MR) is 75.7 cm³/mol. The summed E-state index contributed by atoms with van der Waals surface area (Å²) in [5.41, 5.74) is 0. The summed E-state index contributed by atoms with van der Waals surface area (Å²) in [6, 6.07) is 12.0. The summed E-state index contributed by atoms with van der Waals surface area (Å²) >= 11 is 0. The van der Waals surface area contributed by atoms with Gasteiger partial charge in [0.15, 0.2) is 0 Å². The zero-order chi connectivity index (χ0) is 14.2. The summed E-state index contributed by atoms with van der Waals surface area (Å²) in [5, 5.41) is 0. The minimum atomic E-state index is -2.64. The van der Waals surface area contributed by atoms with Crippen LogP contribution < -0.4 is 0 Å². The van der Waals surface area contributed by atoms with Crippen LogP contribution in [0.15, 0.2) is 36.4 Å². The molecule has 0 aromatic heterocycles. The molecule has 0 heterocycles. The highest BCUT2D eigenvalue weighted by Gasteiger charge is 1.81. The van der Waals surface area contributed by atoms with Crippen molar-refractivity contribution in [1.29, 1.82) is 0 Å². The third-order valence-electron chi connectivity index (χ3n) is 1.20. The summed E-state index contributed by atoms with van der Waals surface area (Å²) in [5.74, 6) is 0. The molecular weight excluding hydrogens is 294 g/mol. The van der Waals surface area contributed by atoms with Crippen molar-refractivity contribution in [3.63, 3.8) is 0 Å². The third-order valence-corrected chi connectivity index (χ3v) is 2.27. The van der Waals surface area contributed by atoms with E-state index in [1.54, 1.807) is 13.8 Å². The SMILES string of the molecule is CCO[PH](=O)O.CCO[PH](=O)O.O.c1ccccc1. The fourth-order valence-electron chi connectivity index (χ4n) is 0.632. The van der Waals surface area contributed by atoms with E-state index in [9.17, 15) is 9.13 Å². The molecule has 0 bridgehead atoms. The van der Waals surface area contributed by atoms with Crippen LogP contribution in [0, 0.1) is 0 Å². The van der Waals surface area contributed by atoms with Crippen LogP contribution in [0.2, 0.25) is 0 Å². The molecule has 4 N–H and O–H groups in total. The van der Waals surface area contributed by atoms with Gasteiger partial charge in [-0.1, -0.05) is 36.4 Å². The molecule has 7 nitrogen and oxygen atoms in total. The van der Waals surface area contributed by atoms with Gasteiger partial charge < -0.3 is 24.3 Å². The lowest BCUT2D eigenvalue weighted by Gasteiger charge is -1.86. The van der Waals surface area contributed by atoms with Crippen LogP contribution in [-0.4, -0.2) is 28.5 Å². The van der Waals surface area contributed by atoms with Gasteiger partial charge in [-0.2, -0.15) is 0 Å². The Bertz CT molecular complexity index is 265. The van der Waals surface area contributed by atoms with Crippen LogP contribution in [0.5, 0.6) is 0 Å². The number of benzene rings is 1. The lowest BCUT2D eigenvalue weighted by molar-refractivity contribution is 0.296. The van der Waals surface area contributed by atoms with Crippen molar-refractivity contribution in [1.82, 2.24) is 0 Å². The van der Waals surface area contributed by atoms with E-state index >= 15 is 0 Å². The molecular formula is C10H22O7P2. The van der Waals surface area contributed by atoms with E-state index in [4.69, 9.17) is 9.79 Å². The minimum Gasteiger partial charge on any atom is -0.412 e.